The quantitative estimate of drug-likeness (QED) is 0.668. The van der Waals surface area contributed by atoms with Crippen LogP contribution in [0.15, 0.2) is 24.3 Å². The molecule has 0 radical (unpaired) electrons. The topological polar surface area (TPSA) is 0 Å². The molecule has 1 atom stereocenters. The lowest BCUT2D eigenvalue weighted by atomic mass is 9.89. The lowest BCUT2D eigenvalue weighted by Crippen LogP contribution is -2.02. The summed E-state index contributed by atoms with van der Waals surface area (Å²) in [6.45, 7) is 11.1. The first-order valence-corrected chi connectivity index (χ1v) is 6.49. The maximum Gasteiger partial charge on any atom is -0.0197 e. The van der Waals surface area contributed by atoms with Gasteiger partial charge < -0.3 is 0 Å². The molecule has 1 aromatic carbocycles. The highest BCUT2D eigenvalue weighted by atomic mass is 31.0. The maximum absolute atomic E-state index is 2.78. The van der Waals surface area contributed by atoms with E-state index in [2.05, 4.69) is 68.1 Å². The number of hydrogen-bond acceptors (Lipinski definition) is 0. The molecule has 0 N–H and O–H groups in total. The molecule has 0 aliphatic carbocycles. The number of benzene rings is 1. The average molecular weight is 234 g/mol. The summed E-state index contributed by atoms with van der Waals surface area (Å²) >= 11 is 0. The van der Waals surface area contributed by atoms with Gasteiger partial charge >= 0.3 is 0 Å². The van der Waals surface area contributed by atoms with Crippen LogP contribution < -0.4 is 5.30 Å². The fraction of sp³-hybridized carbons (Fsp3) is 0.467. The Balaban J connectivity index is 3.15. The standard InChI is InChI=1S/C15H23P/c1-6-12(10-15(3,4)5)13-7-8-14(16)11(2)9-13/h7-10H,6,16H2,1-5H3/b12-10+. The fourth-order valence-electron chi connectivity index (χ4n) is 1.79. The molecule has 0 fully saturated rings. The van der Waals surface area contributed by atoms with Gasteiger partial charge in [0.15, 0.2) is 0 Å². The van der Waals surface area contributed by atoms with Crippen LogP contribution in [0.25, 0.3) is 5.57 Å². The van der Waals surface area contributed by atoms with E-state index >= 15 is 0 Å². The Morgan fingerprint density at radius 3 is 2.38 bits per heavy atom. The second kappa shape index (κ2) is 5.15. The van der Waals surface area contributed by atoms with Crippen LogP contribution >= 0.6 is 9.24 Å². The highest BCUT2D eigenvalue weighted by Gasteiger charge is 2.09. The summed E-state index contributed by atoms with van der Waals surface area (Å²) in [6.07, 6.45) is 3.47. The van der Waals surface area contributed by atoms with Crippen LogP contribution in [0, 0.1) is 12.3 Å². The van der Waals surface area contributed by atoms with Crippen molar-refractivity contribution in [2.24, 2.45) is 5.41 Å². The highest BCUT2D eigenvalue weighted by molar-refractivity contribution is 7.27. The fourth-order valence-corrected chi connectivity index (χ4v) is 1.97. The number of hydrogen-bond donors (Lipinski definition) is 0. The van der Waals surface area contributed by atoms with E-state index in [0.717, 1.165) is 6.42 Å². The van der Waals surface area contributed by atoms with Crippen molar-refractivity contribution in [2.45, 2.75) is 41.0 Å². The van der Waals surface area contributed by atoms with Gasteiger partial charge in [0.1, 0.15) is 0 Å². The molecule has 1 heteroatoms. The Bertz CT molecular complexity index is 394. The van der Waals surface area contributed by atoms with Crippen LogP contribution in [0.4, 0.5) is 0 Å². The molecule has 0 saturated carbocycles. The number of rotatable bonds is 2. The predicted octanol–water partition coefficient (Wildman–Crippen LogP) is 4.33. The van der Waals surface area contributed by atoms with Gasteiger partial charge in [0, 0.05) is 0 Å². The Hall–Kier alpha value is -0.610. The molecule has 0 amide bonds. The van der Waals surface area contributed by atoms with E-state index in [-0.39, 0.29) is 5.41 Å². The second-order valence-corrected chi connectivity index (χ2v) is 6.08. The van der Waals surface area contributed by atoms with Crippen LogP contribution in [0.5, 0.6) is 0 Å². The van der Waals surface area contributed by atoms with Crippen LogP contribution in [-0.2, 0) is 0 Å². The molecule has 0 aliphatic heterocycles. The van der Waals surface area contributed by atoms with E-state index in [9.17, 15) is 0 Å². The van der Waals surface area contributed by atoms with Gasteiger partial charge in [-0.15, -0.1) is 9.24 Å². The molecular formula is C15H23P. The zero-order valence-corrected chi connectivity index (χ0v) is 12.2. The maximum atomic E-state index is 2.78. The van der Waals surface area contributed by atoms with E-state index in [4.69, 9.17) is 0 Å². The first-order chi connectivity index (χ1) is 7.33. The molecule has 1 unspecified atom stereocenters. The Morgan fingerprint density at radius 2 is 1.94 bits per heavy atom. The normalized spacial score (nSPS) is 13.0. The van der Waals surface area contributed by atoms with Crippen LogP contribution in [0.3, 0.4) is 0 Å². The third-order valence-electron chi connectivity index (χ3n) is 2.63. The van der Waals surface area contributed by atoms with Gasteiger partial charge in [-0.1, -0.05) is 52.0 Å². The van der Waals surface area contributed by atoms with Gasteiger partial charge in [0.2, 0.25) is 0 Å². The van der Waals surface area contributed by atoms with Crippen LogP contribution in [0.2, 0.25) is 0 Å². The molecule has 0 aromatic heterocycles. The van der Waals surface area contributed by atoms with Crippen molar-refractivity contribution in [1.82, 2.24) is 0 Å². The van der Waals surface area contributed by atoms with Crippen LogP contribution in [-0.4, -0.2) is 0 Å². The summed E-state index contributed by atoms with van der Waals surface area (Å²) in [7, 11) is 2.78. The van der Waals surface area contributed by atoms with Gasteiger partial charge in [-0.2, -0.15) is 0 Å². The van der Waals surface area contributed by atoms with Gasteiger partial charge in [0.25, 0.3) is 0 Å². The first kappa shape index (κ1) is 13.5. The minimum absolute atomic E-state index is 0.249. The predicted molar refractivity (Wildman–Crippen MR) is 78.2 cm³/mol. The molecule has 0 heterocycles. The smallest absolute Gasteiger partial charge is 0.0197 e. The monoisotopic (exact) mass is 234 g/mol. The third kappa shape index (κ3) is 3.76. The molecule has 0 saturated heterocycles. The zero-order chi connectivity index (χ0) is 12.3. The Labute approximate surface area is 102 Å². The summed E-state index contributed by atoms with van der Waals surface area (Å²) in [6, 6.07) is 6.68. The minimum Gasteiger partial charge on any atom is -0.105 e. The Morgan fingerprint density at radius 1 is 1.31 bits per heavy atom. The van der Waals surface area contributed by atoms with Crippen molar-refractivity contribution in [2.75, 3.05) is 0 Å². The van der Waals surface area contributed by atoms with Gasteiger partial charge in [-0.3, -0.25) is 0 Å². The lowest BCUT2D eigenvalue weighted by Gasteiger charge is -2.16. The summed E-state index contributed by atoms with van der Waals surface area (Å²) in [5, 5.41) is 1.29. The number of allylic oxidation sites excluding steroid dienone is 2. The molecule has 16 heavy (non-hydrogen) atoms. The zero-order valence-electron chi connectivity index (χ0n) is 11.1. The number of aryl methyl sites for hydroxylation is 1. The van der Waals surface area contributed by atoms with Crippen molar-refractivity contribution in [3.8, 4) is 0 Å². The summed E-state index contributed by atoms with van der Waals surface area (Å²) in [5.74, 6) is 0. The molecule has 1 rings (SSSR count). The first-order valence-electron chi connectivity index (χ1n) is 5.91. The highest BCUT2D eigenvalue weighted by Crippen LogP contribution is 2.26. The van der Waals surface area contributed by atoms with Gasteiger partial charge in [-0.25, -0.2) is 0 Å². The van der Waals surface area contributed by atoms with Crippen molar-refractivity contribution in [3.05, 3.63) is 35.4 Å². The summed E-state index contributed by atoms with van der Waals surface area (Å²) in [5.41, 5.74) is 4.40. The molecule has 0 nitrogen and oxygen atoms in total. The van der Waals surface area contributed by atoms with Crippen molar-refractivity contribution >= 4 is 20.1 Å². The summed E-state index contributed by atoms with van der Waals surface area (Å²) in [4.78, 5) is 0. The van der Waals surface area contributed by atoms with E-state index in [0.29, 0.717) is 0 Å². The van der Waals surface area contributed by atoms with Crippen molar-refractivity contribution in [3.63, 3.8) is 0 Å². The minimum atomic E-state index is 0.249. The summed E-state index contributed by atoms with van der Waals surface area (Å²) < 4.78 is 0. The SMILES string of the molecule is CC/C(=C\C(C)(C)C)c1ccc(P)c(C)c1. The van der Waals surface area contributed by atoms with Crippen LogP contribution in [0.1, 0.15) is 45.2 Å². The molecular weight excluding hydrogens is 211 g/mol. The van der Waals surface area contributed by atoms with E-state index < -0.39 is 0 Å². The molecule has 0 aliphatic rings. The van der Waals surface area contributed by atoms with E-state index in [1.807, 2.05) is 0 Å². The lowest BCUT2D eigenvalue weighted by molar-refractivity contribution is 0.544. The molecule has 0 bridgehead atoms. The molecule has 0 spiro atoms. The molecule has 1 aromatic rings. The van der Waals surface area contributed by atoms with Gasteiger partial charge in [-0.05, 0) is 40.8 Å². The van der Waals surface area contributed by atoms with E-state index in [1.165, 1.54) is 22.0 Å². The average Bonchev–Trinajstić information content (AvgIpc) is 2.17. The van der Waals surface area contributed by atoms with E-state index in [1.54, 1.807) is 0 Å². The molecule has 88 valence electrons. The Kier molecular flexibility index (Phi) is 4.33. The largest absolute Gasteiger partial charge is 0.105 e. The van der Waals surface area contributed by atoms with Crippen molar-refractivity contribution in [1.29, 1.82) is 0 Å². The second-order valence-electron chi connectivity index (χ2n) is 5.46. The third-order valence-corrected chi connectivity index (χ3v) is 3.28. The van der Waals surface area contributed by atoms with Crippen molar-refractivity contribution < 1.29 is 0 Å². The van der Waals surface area contributed by atoms with Gasteiger partial charge in [0.05, 0.1) is 0 Å².